The standard InChI is InChI=1S/C28H29FN8O7/c1-4-42-27(39)20-14-30-34-26(20)37-28(40)33-25(35-37)23(19-12-18(41-3)13-21(22(19)29)43-11-5-10-38)32-17-8-6-16(7-9-17)24-31-15(2)44-36-24/h6-9,12-14,23,32,38H,4-5,10-11H2,1-3H3,(H,30,34)(H,33,35,40). The summed E-state index contributed by atoms with van der Waals surface area (Å²) < 4.78 is 38.1. The van der Waals surface area contributed by atoms with Gasteiger partial charge in [-0.1, -0.05) is 5.16 Å². The zero-order valence-electron chi connectivity index (χ0n) is 24.0. The highest BCUT2D eigenvalue weighted by Crippen LogP contribution is 2.35. The van der Waals surface area contributed by atoms with E-state index in [0.29, 0.717) is 23.0 Å². The van der Waals surface area contributed by atoms with Crippen molar-refractivity contribution in [1.29, 1.82) is 0 Å². The number of aliphatic hydroxyl groups is 1. The monoisotopic (exact) mass is 608 g/mol. The van der Waals surface area contributed by atoms with Crippen LogP contribution in [0.3, 0.4) is 0 Å². The van der Waals surface area contributed by atoms with Crippen molar-refractivity contribution >= 4 is 11.7 Å². The largest absolute Gasteiger partial charge is 0.497 e. The first-order valence-electron chi connectivity index (χ1n) is 13.5. The number of esters is 1. The number of H-pyrrole nitrogens is 2. The number of ether oxygens (including phenoxy) is 3. The maximum absolute atomic E-state index is 16.1. The number of aromatic amines is 2. The van der Waals surface area contributed by atoms with E-state index >= 15 is 4.39 Å². The molecule has 16 heteroatoms. The van der Waals surface area contributed by atoms with Crippen molar-refractivity contribution in [3.8, 4) is 28.7 Å². The van der Waals surface area contributed by atoms with Crippen LogP contribution < -0.4 is 20.5 Å². The molecule has 0 amide bonds. The van der Waals surface area contributed by atoms with E-state index in [-0.39, 0.29) is 60.5 Å². The summed E-state index contributed by atoms with van der Waals surface area (Å²) in [5, 5.41) is 27.1. The number of aromatic nitrogens is 7. The summed E-state index contributed by atoms with van der Waals surface area (Å²) in [7, 11) is 1.42. The van der Waals surface area contributed by atoms with Gasteiger partial charge in [0.05, 0.1) is 26.5 Å². The summed E-state index contributed by atoms with van der Waals surface area (Å²) in [5.74, 6) is -0.534. The van der Waals surface area contributed by atoms with Crippen LogP contribution >= 0.6 is 0 Å². The van der Waals surface area contributed by atoms with Crippen LogP contribution in [0.5, 0.6) is 11.5 Å². The maximum Gasteiger partial charge on any atom is 0.349 e. The van der Waals surface area contributed by atoms with Crippen LogP contribution in [0, 0.1) is 12.7 Å². The van der Waals surface area contributed by atoms with E-state index in [0.717, 1.165) is 4.68 Å². The molecule has 3 aromatic heterocycles. The van der Waals surface area contributed by atoms with Gasteiger partial charge in [-0.15, -0.1) is 5.10 Å². The van der Waals surface area contributed by atoms with Gasteiger partial charge in [-0.2, -0.15) is 14.8 Å². The molecule has 0 aliphatic rings. The molecule has 0 saturated heterocycles. The van der Waals surface area contributed by atoms with Gasteiger partial charge in [-0.3, -0.25) is 10.1 Å². The third-order valence-electron chi connectivity index (χ3n) is 6.36. The molecule has 15 nitrogen and oxygen atoms in total. The highest BCUT2D eigenvalue weighted by Gasteiger charge is 2.28. The summed E-state index contributed by atoms with van der Waals surface area (Å²) >= 11 is 0. The van der Waals surface area contributed by atoms with E-state index in [1.165, 1.54) is 25.4 Å². The Hall–Kier alpha value is -5.51. The van der Waals surface area contributed by atoms with Gasteiger partial charge in [0.2, 0.25) is 11.7 Å². The highest BCUT2D eigenvalue weighted by molar-refractivity contribution is 5.92. The topological polar surface area (TPSA) is 195 Å². The molecule has 2 aromatic carbocycles. The number of benzene rings is 2. The molecule has 230 valence electrons. The van der Waals surface area contributed by atoms with E-state index in [1.54, 1.807) is 38.1 Å². The molecule has 5 rings (SSSR count). The van der Waals surface area contributed by atoms with Crippen molar-refractivity contribution < 1.29 is 33.0 Å². The SMILES string of the molecule is CCOC(=O)c1cn[nH]c1-n1nc(C(Nc2ccc(-c3noc(C)n3)cc2)c2cc(OC)cc(OCCCO)c2F)[nH]c1=O. The van der Waals surface area contributed by atoms with Crippen LogP contribution in [0.1, 0.15) is 47.0 Å². The van der Waals surface area contributed by atoms with Gasteiger partial charge >= 0.3 is 11.7 Å². The Kier molecular flexibility index (Phi) is 8.99. The average molecular weight is 609 g/mol. The van der Waals surface area contributed by atoms with Gasteiger partial charge in [-0.05, 0) is 37.3 Å². The minimum Gasteiger partial charge on any atom is -0.497 e. The molecule has 0 spiro atoms. The second-order valence-corrected chi connectivity index (χ2v) is 9.33. The molecular weight excluding hydrogens is 579 g/mol. The first kappa shape index (κ1) is 30.0. The van der Waals surface area contributed by atoms with Gasteiger partial charge in [0.25, 0.3) is 0 Å². The number of halogens is 1. The smallest absolute Gasteiger partial charge is 0.349 e. The van der Waals surface area contributed by atoms with E-state index < -0.39 is 23.5 Å². The zero-order chi connectivity index (χ0) is 31.2. The minimum atomic E-state index is -1.11. The second kappa shape index (κ2) is 13.2. The van der Waals surface area contributed by atoms with Crippen molar-refractivity contribution in [1.82, 2.24) is 35.1 Å². The fourth-order valence-electron chi connectivity index (χ4n) is 4.29. The molecule has 5 aromatic rings. The first-order valence-corrected chi connectivity index (χ1v) is 13.5. The van der Waals surface area contributed by atoms with E-state index in [9.17, 15) is 9.59 Å². The van der Waals surface area contributed by atoms with Crippen molar-refractivity contribution in [3.05, 3.63) is 81.7 Å². The highest BCUT2D eigenvalue weighted by atomic mass is 19.1. The number of carbonyl (C=O) groups is 1. The Morgan fingerprint density at radius 2 is 2.05 bits per heavy atom. The van der Waals surface area contributed by atoms with E-state index in [4.69, 9.17) is 23.8 Å². The number of anilines is 1. The van der Waals surface area contributed by atoms with Crippen molar-refractivity contribution in [2.75, 3.05) is 32.2 Å². The first-order chi connectivity index (χ1) is 21.3. The predicted octanol–water partition coefficient (Wildman–Crippen LogP) is 2.93. The molecule has 1 atom stereocenters. The lowest BCUT2D eigenvalue weighted by Gasteiger charge is -2.21. The van der Waals surface area contributed by atoms with Crippen molar-refractivity contribution in [3.63, 3.8) is 0 Å². The summed E-state index contributed by atoms with van der Waals surface area (Å²) in [5.41, 5.74) is 0.480. The fraction of sp³-hybridized carbons (Fsp3) is 0.286. The molecule has 4 N–H and O–H groups in total. The van der Waals surface area contributed by atoms with E-state index in [1.807, 2.05) is 0 Å². The second-order valence-electron chi connectivity index (χ2n) is 9.33. The number of hydrogen-bond acceptors (Lipinski definition) is 12. The van der Waals surface area contributed by atoms with Crippen LogP contribution in [-0.2, 0) is 4.74 Å². The lowest BCUT2D eigenvalue weighted by atomic mass is 10.0. The lowest BCUT2D eigenvalue weighted by molar-refractivity contribution is 0.0526. The quantitative estimate of drug-likeness (QED) is 0.113. The zero-order valence-corrected chi connectivity index (χ0v) is 24.0. The van der Waals surface area contributed by atoms with Gasteiger partial charge in [0, 0.05) is 42.8 Å². The van der Waals surface area contributed by atoms with Gasteiger partial charge in [0.1, 0.15) is 17.4 Å². The van der Waals surface area contributed by atoms with Crippen LogP contribution in [0.25, 0.3) is 17.2 Å². The van der Waals surface area contributed by atoms with Crippen molar-refractivity contribution in [2.45, 2.75) is 26.3 Å². The number of methoxy groups -OCH3 is 1. The molecule has 0 saturated carbocycles. The Balaban J connectivity index is 1.58. The minimum absolute atomic E-state index is 0.00857. The van der Waals surface area contributed by atoms with Crippen LogP contribution in [0.2, 0.25) is 0 Å². The number of nitrogens with zero attached hydrogens (tertiary/aromatic N) is 5. The fourth-order valence-corrected chi connectivity index (χ4v) is 4.29. The van der Waals surface area contributed by atoms with Gasteiger partial charge in [0.15, 0.2) is 23.2 Å². The summed E-state index contributed by atoms with van der Waals surface area (Å²) in [4.78, 5) is 32.5. The Bertz CT molecular complexity index is 1790. The van der Waals surface area contributed by atoms with Crippen molar-refractivity contribution in [2.24, 2.45) is 0 Å². The molecule has 0 bridgehead atoms. The molecule has 0 aliphatic carbocycles. The number of carbonyl (C=O) groups excluding carboxylic acids is 1. The molecular formula is C28H29FN8O7. The Morgan fingerprint density at radius 3 is 2.73 bits per heavy atom. The third kappa shape index (κ3) is 6.29. The molecule has 0 aliphatic heterocycles. The number of hydrogen-bond donors (Lipinski definition) is 4. The molecule has 3 heterocycles. The normalized spacial score (nSPS) is 11.8. The summed E-state index contributed by atoms with van der Waals surface area (Å²) in [6.07, 6.45) is 1.50. The predicted molar refractivity (Wildman–Crippen MR) is 152 cm³/mol. The third-order valence-corrected chi connectivity index (χ3v) is 6.36. The van der Waals surface area contributed by atoms with E-state index in [2.05, 4.69) is 35.7 Å². The number of aliphatic hydroxyl groups excluding tert-OH is 1. The summed E-state index contributed by atoms with van der Waals surface area (Å²) in [6, 6.07) is 8.64. The lowest BCUT2D eigenvalue weighted by Crippen LogP contribution is -2.19. The van der Waals surface area contributed by atoms with Crippen LogP contribution in [0.4, 0.5) is 10.1 Å². The molecule has 44 heavy (non-hydrogen) atoms. The average Bonchev–Trinajstić information content (AvgIpc) is 3.77. The van der Waals surface area contributed by atoms with Crippen LogP contribution in [0.15, 0.2) is 51.9 Å². The van der Waals surface area contributed by atoms with Gasteiger partial charge < -0.3 is 29.2 Å². The van der Waals surface area contributed by atoms with Crippen LogP contribution in [-0.4, -0.2) is 73.1 Å². The molecule has 0 radical (unpaired) electrons. The molecule has 1 unspecified atom stereocenters. The number of nitrogens with one attached hydrogen (secondary N) is 3. The Labute approximate surface area is 249 Å². The number of aryl methyl sites for hydroxylation is 1. The Morgan fingerprint density at radius 1 is 1.25 bits per heavy atom. The van der Waals surface area contributed by atoms with Gasteiger partial charge in [-0.25, -0.2) is 14.0 Å². The molecule has 0 fully saturated rings. The summed E-state index contributed by atoms with van der Waals surface area (Å²) in [6.45, 7) is 3.35. The maximum atomic E-state index is 16.1. The number of rotatable bonds is 13.